The Hall–Kier alpha value is -14.0. The second-order valence-electron chi connectivity index (χ2n) is 38.3. The first-order valence-corrected chi connectivity index (χ1v) is 48.8. The van der Waals surface area contributed by atoms with Gasteiger partial charge in [0, 0.05) is 24.7 Å². The maximum Gasteiger partial charge on any atom is 0.338 e. The number of Topliss-reactive ketones (excluding diaryl/α,β-unsaturated/α-hetero) is 2. The van der Waals surface area contributed by atoms with Gasteiger partial charge in [-0.1, -0.05) is 210 Å². The number of rotatable bonds is 34. The first-order chi connectivity index (χ1) is 69.3. The lowest BCUT2D eigenvalue weighted by molar-refractivity contribution is -0.359. The molecule has 0 amide bonds. The van der Waals surface area contributed by atoms with Gasteiger partial charge in [0.15, 0.2) is 67.7 Å². The van der Waals surface area contributed by atoms with Crippen LogP contribution >= 0.6 is 0 Å². The van der Waals surface area contributed by atoms with Gasteiger partial charge in [-0.15, -0.1) is 0 Å². The van der Waals surface area contributed by atoms with Crippen LogP contribution in [0, 0.1) is 52.3 Å². The fourth-order valence-electron chi connectivity index (χ4n) is 21.9. The molecule has 0 N–H and O–H groups in total. The lowest BCUT2D eigenvalue weighted by Crippen LogP contribution is -2.67. The van der Waals surface area contributed by atoms with Crippen molar-refractivity contribution in [2.75, 3.05) is 19.8 Å². The number of fused-ring (bicyclic) bond motifs is 5. The summed E-state index contributed by atoms with van der Waals surface area (Å²) < 4.78 is 105. The Morgan fingerprint density at radius 3 is 1.04 bits per heavy atom. The average molecular weight is 1940 g/mol. The molecule has 3 saturated heterocycles. The fourth-order valence-corrected chi connectivity index (χ4v) is 21.9. The van der Waals surface area contributed by atoms with Gasteiger partial charge in [-0.2, -0.15) is 0 Å². The third kappa shape index (κ3) is 23.4. The molecule has 7 fully saturated rings. The molecule has 28 nitrogen and oxygen atoms in total. The van der Waals surface area contributed by atoms with E-state index in [2.05, 4.69) is 13.8 Å². The Balaban J connectivity index is 0.618. The smallest absolute Gasteiger partial charge is 0.338 e. The van der Waals surface area contributed by atoms with Crippen molar-refractivity contribution in [3.63, 3.8) is 0 Å². The number of ketones is 2. The largest absolute Gasteiger partial charge is 0.459 e. The predicted molar refractivity (Wildman–Crippen MR) is 514 cm³/mol. The molecule has 0 radical (unpaired) electrons. The fraction of sp³-hybridized carbons (Fsp3) is 0.374. The van der Waals surface area contributed by atoms with E-state index in [1.165, 1.54) is 104 Å². The first kappa shape index (κ1) is 101. The highest BCUT2D eigenvalue weighted by Gasteiger charge is 2.65. The van der Waals surface area contributed by atoms with Crippen LogP contribution in [-0.2, 0) is 85.4 Å². The van der Waals surface area contributed by atoms with Gasteiger partial charge >= 0.3 is 59.7 Å². The van der Waals surface area contributed by atoms with Crippen LogP contribution in [0.25, 0.3) is 0 Å². The maximum absolute atomic E-state index is 15.3. The second kappa shape index (κ2) is 45.9. The van der Waals surface area contributed by atoms with Gasteiger partial charge in [-0.3, -0.25) is 9.59 Å². The highest BCUT2D eigenvalue weighted by Crippen LogP contribution is 2.68. The molecule has 17 unspecified atom stereocenters. The standard InChI is InChI=1S/C115H114O28/c1-69(66-130-111-98(140-108(125)79-50-30-13-31-51-79)96(138-106(123)77-46-26-11-27-47-77)93(136-104(121)75-42-22-9-23-43-75)89(133-111)67-128-101(118)72-36-16-6-17-37-72)56-59-87(116)70(2)91-88(117)65-86-84-58-57-82-64-83(60-62-114(82,4)85(84)61-63-115(86,91)5)132-113-100(142-110(127)81-54-34-15-35-55-81)97(139-107(124)78-48-28-12-29-49-78)94(90(134-113)68-129-102(119)73-38-18-7-19-39-73)143-112-99(141-109(126)80-52-32-14-33-53-80)95(137-105(122)76-44-24-10-25-45-76)92(71(3)131-112)135-103(120)74-40-20-8-21-41-74/h6-55,69-71,82-86,89-100,111-113H,56-68H2,1-5H3/t69-,70+,71?,82?,83?,84?,85?,86?,89?,90?,91?,92-,93+,94+,95?,96?,97?,98?,99?,100?,111+,112-,113+,114?,115?/m0/s1. The highest BCUT2D eigenvalue weighted by atomic mass is 16.8. The number of esters is 10. The number of ether oxygens (including phenoxy) is 16. The van der Waals surface area contributed by atoms with Crippen LogP contribution in [0.3, 0.4) is 0 Å². The molecule has 143 heavy (non-hydrogen) atoms. The summed E-state index contributed by atoms with van der Waals surface area (Å²) in [5.74, 6) is -10.2. The molecule has 4 saturated carbocycles. The molecule has 28 heteroatoms. The van der Waals surface area contributed by atoms with E-state index in [1.807, 2.05) is 13.8 Å². The Bertz CT molecular complexity index is 6070. The molecule has 0 aromatic heterocycles. The Morgan fingerprint density at radius 2 is 0.650 bits per heavy atom. The van der Waals surface area contributed by atoms with Gasteiger partial charge in [0.25, 0.3) is 0 Å². The lowest BCUT2D eigenvalue weighted by Gasteiger charge is -2.61. The first-order valence-electron chi connectivity index (χ1n) is 48.8. The predicted octanol–water partition coefficient (Wildman–Crippen LogP) is 17.9. The van der Waals surface area contributed by atoms with Gasteiger partial charge < -0.3 is 75.8 Å². The van der Waals surface area contributed by atoms with E-state index in [0.717, 1.165) is 19.3 Å². The van der Waals surface area contributed by atoms with Gasteiger partial charge in [0.1, 0.15) is 43.1 Å². The topological polar surface area (TPSA) is 353 Å². The number of hydrogen-bond acceptors (Lipinski definition) is 28. The van der Waals surface area contributed by atoms with Gasteiger partial charge in [0.05, 0.1) is 74.4 Å². The van der Waals surface area contributed by atoms with Crippen LogP contribution in [0.4, 0.5) is 0 Å². The molecule has 25 atom stereocenters. The minimum Gasteiger partial charge on any atom is -0.459 e. The Morgan fingerprint density at radius 1 is 0.336 bits per heavy atom. The summed E-state index contributed by atoms with van der Waals surface area (Å²) in [6.45, 7) is 8.41. The second-order valence-corrected chi connectivity index (χ2v) is 38.3. The molecule has 10 aromatic rings. The summed E-state index contributed by atoms with van der Waals surface area (Å²) in [7, 11) is 0. The van der Waals surface area contributed by atoms with Crippen LogP contribution in [0.15, 0.2) is 303 Å². The van der Waals surface area contributed by atoms with Crippen molar-refractivity contribution in [3.8, 4) is 0 Å². The lowest BCUT2D eigenvalue weighted by atomic mass is 9.44. The van der Waals surface area contributed by atoms with Crippen molar-refractivity contribution in [1.29, 1.82) is 0 Å². The van der Waals surface area contributed by atoms with Gasteiger partial charge in [-0.05, 0) is 220 Å². The van der Waals surface area contributed by atoms with Gasteiger partial charge in [0.2, 0.25) is 0 Å². The molecule has 4 aliphatic carbocycles. The van der Waals surface area contributed by atoms with Crippen molar-refractivity contribution >= 4 is 71.3 Å². The van der Waals surface area contributed by atoms with Crippen LogP contribution in [0.5, 0.6) is 0 Å². The molecule has 3 aliphatic heterocycles. The van der Waals surface area contributed by atoms with Crippen molar-refractivity contribution in [2.24, 2.45) is 52.3 Å². The molecular weight excluding hydrogens is 1830 g/mol. The van der Waals surface area contributed by atoms with E-state index in [1.54, 1.807) is 206 Å². The number of carbonyl (C=O) groups is 12. The Kier molecular flexibility index (Phi) is 32.3. The average Bonchev–Trinajstić information content (AvgIpc) is 1.57. The van der Waals surface area contributed by atoms with Crippen molar-refractivity contribution in [2.45, 2.75) is 197 Å². The van der Waals surface area contributed by atoms with E-state index in [-0.39, 0.29) is 116 Å². The molecule has 742 valence electrons. The molecule has 7 aliphatic rings. The SMILES string of the molecule is CC1O[C@@H](O[C@@H]2C(COC(=O)c3ccccc3)O[C@@H](OC3CCC4(C)C(CCC5C4CCC4(C)C5CC(=O)C4[C@H](C)C(=O)CC[C@H](C)CO[C@@H]4OC(COC(=O)c5ccccc5)[C@@H](OC(=O)c5ccccc5)C(OC(=O)c5ccccc5)C4OC(=O)c4ccccc4)C3)C(OC(=O)c3ccccc3)C2OC(=O)c2ccccc2)C(OC(=O)c2ccccc2)C(OC(=O)c2ccccc2)[C@H]1OC(=O)c1ccccc1. The van der Waals surface area contributed by atoms with E-state index < -0.39 is 194 Å². The summed E-state index contributed by atoms with van der Waals surface area (Å²) in [5.41, 5.74) is 0.238. The molecule has 0 bridgehead atoms. The molecule has 3 heterocycles. The number of benzene rings is 10. The monoisotopic (exact) mass is 1940 g/mol. The summed E-state index contributed by atoms with van der Waals surface area (Å²) in [6.07, 6.45) is -20.4. The summed E-state index contributed by atoms with van der Waals surface area (Å²) in [4.78, 5) is 176. The Labute approximate surface area is 828 Å². The summed E-state index contributed by atoms with van der Waals surface area (Å²) >= 11 is 0. The van der Waals surface area contributed by atoms with Crippen LogP contribution < -0.4 is 0 Å². The normalized spacial score (nSPS) is 28.3. The highest BCUT2D eigenvalue weighted by molar-refractivity contribution is 5.96. The van der Waals surface area contributed by atoms with Crippen LogP contribution in [0.2, 0.25) is 0 Å². The number of hydrogen-bond donors (Lipinski definition) is 0. The van der Waals surface area contributed by atoms with Gasteiger partial charge in [-0.25, -0.2) is 47.9 Å². The minimum absolute atomic E-state index is 0.0253. The molecule has 10 aromatic carbocycles. The van der Waals surface area contributed by atoms with Crippen molar-refractivity contribution in [1.82, 2.24) is 0 Å². The third-order valence-corrected chi connectivity index (χ3v) is 29.3. The van der Waals surface area contributed by atoms with E-state index >= 15 is 19.2 Å². The van der Waals surface area contributed by atoms with E-state index in [0.29, 0.717) is 32.1 Å². The van der Waals surface area contributed by atoms with Crippen LogP contribution in [0.1, 0.15) is 202 Å². The molecular formula is C115H114O28. The zero-order valence-corrected chi connectivity index (χ0v) is 79.8. The van der Waals surface area contributed by atoms with E-state index in [9.17, 15) is 38.4 Å². The van der Waals surface area contributed by atoms with Crippen molar-refractivity contribution < 1.29 is 133 Å². The minimum atomic E-state index is -1.92. The zero-order valence-electron chi connectivity index (χ0n) is 79.8. The molecule has 0 spiro atoms. The quantitative estimate of drug-likeness (QED) is 0.0205. The summed E-state index contributed by atoms with van der Waals surface area (Å²) in [5, 5.41) is 0. The van der Waals surface area contributed by atoms with E-state index in [4.69, 9.17) is 75.8 Å². The van der Waals surface area contributed by atoms with Crippen molar-refractivity contribution in [3.05, 3.63) is 359 Å². The summed E-state index contributed by atoms with van der Waals surface area (Å²) in [6, 6.07) is 80.4. The molecule has 17 rings (SSSR count). The zero-order chi connectivity index (χ0) is 99.8. The van der Waals surface area contributed by atoms with Crippen LogP contribution in [-0.4, -0.2) is 189 Å². The maximum atomic E-state index is 15.3. The number of carbonyl (C=O) groups excluding carboxylic acids is 12. The third-order valence-electron chi connectivity index (χ3n) is 29.3.